The molecule has 4 amide bonds. The highest BCUT2D eigenvalue weighted by molar-refractivity contribution is 5.89. The molecule has 0 rings (SSSR count). The van der Waals surface area contributed by atoms with Crippen LogP contribution in [0.4, 0.5) is 4.79 Å². The Balaban J connectivity index is -0.00000120. The highest BCUT2D eigenvalue weighted by Crippen LogP contribution is 2.04. The zero-order valence-electron chi connectivity index (χ0n) is 23.2. The van der Waals surface area contributed by atoms with E-state index in [2.05, 4.69) is 55.9 Å². The van der Waals surface area contributed by atoms with Crippen molar-refractivity contribution in [3.8, 4) is 0 Å². The number of primary amides is 1. The first kappa shape index (κ1) is 36.4. The van der Waals surface area contributed by atoms with E-state index in [0.717, 1.165) is 5.92 Å². The van der Waals surface area contributed by atoms with Crippen molar-refractivity contribution in [3.63, 3.8) is 0 Å². The van der Waals surface area contributed by atoms with Crippen molar-refractivity contribution in [2.75, 3.05) is 20.1 Å². The Hall–Kier alpha value is -2.16. The molecule has 2 atom stereocenters. The SMILES string of the molecule is CC(C)C.CCC.CCC(=O)CCCNC(=O)C(CCCNC(N)=O)NC(=O)C(NC)C(C)C. The molecule has 0 aromatic rings. The summed E-state index contributed by atoms with van der Waals surface area (Å²) in [5.74, 6) is 0.498. The Labute approximate surface area is 208 Å². The first-order chi connectivity index (χ1) is 15.9. The van der Waals surface area contributed by atoms with Crippen LogP contribution in [0.3, 0.4) is 0 Å². The summed E-state index contributed by atoms with van der Waals surface area (Å²) in [6, 6.07) is -1.76. The van der Waals surface area contributed by atoms with E-state index in [-0.39, 0.29) is 23.5 Å². The number of likely N-dealkylation sites (N-methyl/N-ethyl adjacent to an activating group) is 1. The van der Waals surface area contributed by atoms with Gasteiger partial charge in [-0.25, -0.2) is 4.79 Å². The lowest BCUT2D eigenvalue weighted by Gasteiger charge is -2.24. The van der Waals surface area contributed by atoms with Crippen LogP contribution < -0.4 is 27.0 Å². The monoisotopic (exact) mass is 487 g/mol. The number of ketones is 1. The zero-order chi connectivity index (χ0) is 27.1. The molecule has 0 saturated heterocycles. The Kier molecular flexibility index (Phi) is 25.7. The van der Waals surface area contributed by atoms with E-state index in [9.17, 15) is 19.2 Å². The molecule has 0 aliphatic rings. The van der Waals surface area contributed by atoms with Gasteiger partial charge in [0.05, 0.1) is 6.04 Å². The first-order valence-electron chi connectivity index (χ1n) is 12.7. The molecule has 0 heterocycles. The molecule has 0 fully saturated rings. The molecule has 202 valence electrons. The van der Waals surface area contributed by atoms with Gasteiger partial charge in [0.15, 0.2) is 0 Å². The van der Waals surface area contributed by atoms with Crippen LogP contribution in [0.25, 0.3) is 0 Å². The van der Waals surface area contributed by atoms with Gasteiger partial charge in [0.2, 0.25) is 11.8 Å². The van der Waals surface area contributed by atoms with Crippen molar-refractivity contribution < 1.29 is 19.2 Å². The van der Waals surface area contributed by atoms with Gasteiger partial charge in [-0.1, -0.05) is 61.8 Å². The summed E-state index contributed by atoms with van der Waals surface area (Å²) < 4.78 is 0. The molecule has 0 aliphatic heterocycles. The lowest BCUT2D eigenvalue weighted by molar-refractivity contribution is -0.130. The maximum absolute atomic E-state index is 12.5. The maximum Gasteiger partial charge on any atom is 0.312 e. The summed E-state index contributed by atoms with van der Waals surface area (Å²) >= 11 is 0. The number of amides is 4. The van der Waals surface area contributed by atoms with Crippen LogP contribution in [0.2, 0.25) is 0 Å². The van der Waals surface area contributed by atoms with Crippen molar-refractivity contribution >= 4 is 23.6 Å². The van der Waals surface area contributed by atoms with Gasteiger partial charge in [-0.05, 0) is 38.1 Å². The minimum Gasteiger partial charge on any atom is -0.354 e. The third kappa shape index (κ3) is 24.5. The van der Waals surface area contributed by atoms with Gasteiger partial charge >= 0.3 is 6.03 Å². The highest BCUT2D eigenvalue weighted by Gasteiger charge is 2.26. The molecule has 6 N–H and O–H groups in total. The molecule has 9 heteroatoms. The largest absolute Gasteiger partial charge is 0.354 e. The van der Waals surface area contributed by atoms with Crippen molar-refractivity contribution in [3.05, 3.63) is 0 Å². The Bertz CT molecular complexity index is 551. The third-order valence-corrected chi connectivity index (χ3v) is 4.19. The van der Waals surface area contributed by atoms with Crippen LogP contribution in [-0.4, -0.2) is 55.8 Å². The van der Waals surface area contributed by atoms with Gasteiger partial charge in [-0.2, -0.15) is 0 Å². The van der Waals surface area contributed by atoms with E-state index in [1.807, 2.05) is 13.8 Å². The molecule has 34 heavy (non-hydrogen) atoms. The lowest BCUT2D eigenvalue weighted by Crippen LogP contribution is -2.53. The molecular weight excluding hydrogens is 434 g/mol. The average Bonchev–Trinajstić information content (AvgIpc) is 2.73. The standard InChI is InChI=1S/C18H35N5O4.C4H10.C3H8/c1-5-13(24)8-6-10-21-16(25)14(9-7-11-22-18(19)27)23-17(26)15(20-4)12(2)3;1-4(2)3;1-3-2/h12,14-15,20H,5-11H2,1-4H3,(H,21,25)(H,23,26)(H3,19,22,27);4H,1-3H3;3H2,1-2H3. The molecule has 2 unspecified atom stereocenters. The van der Waals surface area contributed by atoms with E-state index in [1.54, 1.807) is 14.0 Å². The lowest BCUT2D eigenvalue weighted by atomic mass is 10.0. The second-order valence-corrected chi connectivity index (χ2v) is 9.23. The van der Waals surface area contributed by atoms with E-state index in [4.69, 9.17) is 5.73 Å². The van der Waals surface area contributed by atoms with Gasteiger partial charge in [-0.15, -0.1) is 0 Å². The van der Waals surface area contributed by atoms with Gasteiger partial charge in [0, 0.05) is 25.9 Å². The minimum atomic E-state index is -0.719. The van der Waals surface area contributed by atoms with Crippen molar-refractivity contribution in [1.82, 2.24) is 21.3 Å². The van der Waals surface area contributed by atoms with Crippen LogP contribution in [0, 0.1) is 11.8 Å². The summed E-state index contributed by atoms with van der Waals surface area (Å²) in [5.41, 5.74) is 5.02. The van der Waals surface area contributed by atoms with Crippen LogP contribution in [-0.2, 0) is 14.4 Å². The molecule has 0 aromatic carbocycles. The van der Waals surface area contributed by atoms with Gasteiger partial charge in [0.1, 0.15) is 11.8 Å². The predicted molar refractivity (Wildman–Crippen MR) is 140 cm³/mol. The number of Topliss-reactive ketones (excluding diaryl/α,β-unsaturated/α-hetero) is 1. The Morgan fingerprint density at radius 3 is 1.74 bits per heavy atom. The summed E-state index contributed by atoms with van der Waals surface area (Å²) in [7, 11) is 1.70. The minimum absolute atomic E-state index is 0.0651. The van der Waals surface area contributed by atoms with Gasteiger partial charge in [0.25, 0.3) is 0 Å². The van der Waals surface area contributed by atoms with Crippen LogP contribution in [0.1, 0.15) is 93.9 Å². The Morgan fingerprint density at radius 1 is 0.824 bits per heavy atom. The number of hydrogen-bond acceptors (Lipinski definition) is 5. The highest BCUT2D eigenvalue weighted by atomic mass is 16.2. The molecule has 0 radical (unpaired) electrons. The molecule has 9 nitrogen and oxygen atoms in total. The number of rotatable bonds is 14. The number of urea groups is 1. The number of carbonyl (C=O) groups excluding carboxylic acids is 4. The smallest absolute Gasteiger partial charge is 0.312 e. The third-order valence-electron chi connectivity index (χ3n) is 4.19. The van der Waals surface area contributed by atoms with E-state index < -0.39 is 18.1 Å². The zero-order valence-corrected chi connectivity index (χ0v) is 23.2. The van der Waals surface area contributed by atoms with E-state index >= 15 is 0 Å². The summed E-state index contributed by atoms with van der Waals surface area (Å²) in [5, 5.41) is 10.9. The van der Waals surface area contributed by atoms with Crippen LogP contribution in [0.15, 0.2) is 0 Å². The molecular formula is C25H53N5O4. The van der Waals surface area contributed by atoms with Crippen molar-refractivity contribution in [2.45, 2.75) is 106 Å². The fourth-order valence-electron chi connectivity index (χ4n) is 2.61. The summed E-state index contributed by atoms with van der Waals surface area (Å²) in [6.45, 7) is 17.1. The number of nitrogens with two attached hydrogens (primary N) is 1. The quantitative estimate of drug-likeness (QED) is 0.239. The summed E-state index contributed by atoms with van der Waals surface area (Å²) in [4.78, 5) is 47.0. The molecule has 0 bridgehead atoms. The van der Waals surface area contributed by atoms with E-state index in [1.165, 1.54) is 6.42 Å². The fourth-order valence-corrected chi connectivity index (χ4v) is 2.61. The number of nitrogens with one attached hydrogen (secondary N) is 4. The molecule has 0 aliphatic carbocycles. The van der Waals surface area contributed by atoms with Crippen LogP contribution >= 0.6 is 0 Å². The normalized spacial score (nSPS) is 11.9. The van der Waals surface area contributed by atoms with E-state index in [0.29, 0.717) is 45.2 Å². The topological polar surface area (TPSA) is 142 Å². The molecule has 0 aromatic heterocycles. The van der Waals surface area contributed by atoms with Gasteiger partial charge in [-0.3, -0.25) is 14.4 Å². The number of hydrogen-bond donors (Lipinski definition) is 5. The fraction of sp³-hybridized carbons (Fsp3) is 0.840. The van der Waals surface area contributed by atoms with Crippen LogP contribution in [0.5, 0.6) is 0 Å². The van der Waals surface area contributed by atoms with Crippen molar-refractivity contribution in [2.24, 2.45) is 17.6 Å². The Morgan fingerprint density at radius 2 is 1.32 bits per heavy atom. The maximum atomic E-state index is 12.5. The van der Waals surface area contributed by atoms with Gasteiger partial charge < -0.3 is 27.0 Å². The number of carbonyl (C=O) groups is 4. The van der Waals surface area contributed by atoms with Crippen molar-refractivity contribution in [1.29, 1.82) is 0 Å². The average molecular weight is 488 g/mol. The second kappa shape index (κ2) is 24.0. The molecule has 0 saturated carbocycles. The summed E-state index contributed by atoms with van der Waals surface area (Å²) in [6.07, 6.45) is 3.57. The second-order valence-electron chi connectivity index (χ2n) is 9.23. The predicted octanol–water partition coefficient (Wildman–Crippen LogP) is 3.12. The first-order valence-corrected chi connectivity index (χ1v) is 12.7. The molecule has 0 spiro atoms.